The monoisotopic (exact) mass is 336 g/mol. The molecule has 0 saturated carbocycles. The third-order valence-corrected chi connectivity index (χ3v) is 3.72. The molecule has 25 heavy (non-hydrogen) atoms. The first-order valence-corrected chi connectivity index (χ1v) is 7.75. The average molecular weight is 336 g/mol. The molecule has 0 bridgehead atoms. The number of benzene rings is 1. The summed E-state index contributed by atoms with van der Waals surface area (Å²) >= 11 is 0. The topological polar surface area (TPSA) is 59.8 Å². The van der Waals surface area contributed by atoms with Crippen LogP contribution in [0.2, 0.25) is 0 Å². The van der Waals surface area contributed by atoms with Gasteiger partial charge in [0.1, 0.15) is 17.7 Å². The van der Waals surface area contributed by atoms with Crippen LogP contribution < -0.4 is 5.32 Å². The van der Waals surface area contributed by atoms with E-state index < -0.39 is 6.04 Å². The molecule has 6 heteroatoms. The van der Waals surface area contributed by atoms with E-state index in [0.29, 0.717) is 5.82 Å². The lowest BCUT2D eigenvalue weighted by atomic mass is 10.1. The number of pyridine rings is 1. The molecule has 0 aliphatic rings. The van der Waals surface area contributed by atoms with Crippen LogP contribution in [0.3, 0.4) is 0 Å². The van der Waals surface area contributed by atoms with Gasteiger partial charge in [-0.1, -0.05) is 18.2 Å². The number of halogens is 1. The van der Waals surface area contributed by atoms with Crippen LogP contribution in [0.5, 0.6) is 0 Å². The molecule has 2 aromatic heterocycles. The van der Waals surface area contributed by atoms with Crippen molar-refractivity contribution in [2.75, 3.05) is 0 Å². The molecule has 1 amide bonds. The summed E-state index contributed by atoms with van der Waals surface area (Å²) in [6, 6.07) is 9.18. The van der Waals surface area contributed by atoms with Crippen LogP contribution in [0, 0.1) is 5.82 Å². The Labute approximate surface area is 144 Å². The minimum absolute atomic E-state index is 0.277. The standard InChI is InChI=1S/C19H17FN4O/c1-24-12-11-22-19(24)18(15-5-7-16(20)8-6-15)23-17(25)9-4-14-3-2-10-21-13-14/h2-13,18H,1H3,(H,23,25)/b9-4+. The third kappa shape index (κ3) is 4.17. The van der Waals surface area contributed by atoms with E-state index >= 15 is 0 Å². The zero-order valence-corrected chi connectivity index (χ0v) is 13.6. The van der Waals surface area contributed by atoms with Gasteiger partial charge >= 0.3 is 0 Å². The van der Waals surface area contributed by atoms with E-state index in [1.807, 2.05) is 17.7 Å². The number of amides is 1. The van der Waals surface area contributed by atoms with Gasteiger partial charge in [-0.05, 0) is 35.4 Å². The molecule has 1 N–H and O–H groups in total. The summed E-state index contributed by atoms with van der Waals surface area (Å²) in [6.07, 6.45) is 9.91. The Morgan fingerprint density at radius 1 is 1.24 bits per heavy atom. The van der Waals surface area contributed by atoms with Gasteiger partial charge in [0.05, 0.1) is 0 Å². The molecule has 5 nitrogen and oxygen atoms in total. The summed E-state index contributed by atoms with van der Waals surface area (Å²) in [7, 11) is 1.84. The molecule has 0 fully saturated rings. The van der Waals surface area contributed by atoms with Crippen molar-refractivity contribution in [1.29, 1.82) is 0 Å². The molecular formula is C19H17FN4O. The molecule has 0 saturated heterocycles. The molecule has 0 aliphatic heterocycles. The number of imidazole rings is 1. The van der Waals surface area contributed by atoms with E-state index in [-0.39, 0.29) is 11.7 Å². The van der Waals surface area contributed by atoms with Crippen LogP contribution in [0.25, 0.3) is 6.08 Å². The van der Waals surface area contributed by atoms with Crippen LogP contribution in [-0.4, -0.2) is 20.4 Å². The zero-order chi connectivity index (χ0) is 17.6. The predicted molar refractivity (Wildman–Crippen MR) is 92.9 cm³/mol. The van der Waals surface area contributed by atoms with Gasteiger partial charge in [-0.15, -0.1) is 0 Å². The Hall–Kier alpha value is -3.28. The number of aromatic nitrogens is 3. The summed E-state index contributed by atoms with van der Waals surface area (Å²) in [5.41, 5.74) is 1.58. The number of hydrogen-bond acceptors (Lipinski definition) is 3. The first-order chi connectivity index (χ1) is 12.1. The van der Waals surface area contributed by atoms with Crippen molar-refractivity contribution >= 4 is 12.0 Å². The second-order valence-corrected chi connectivity index (χ2v) is 5.51. The van der Waals surface area contributed by atoms with Gasteiger partial charge in [0.15, 0.2) is 0 Å². The second kappa shape index (κ2) is 7.53. The van der Waals surface area contributed by atoms with Crippen molar-refractivity contribution in [2.45, 2.75) is 6.04 Å². The van der Waals surface area contributed by atoms with Gasteiger partial charge in [0.2, 0.25) is 5.91 Å². The second-order valence-electron chi connectivity index (χ2n) is 5.51. The van der Waals surface area contributed by atoms with Gasteiger partial charge < -0.3 is 9.88 Å². The lowest BCUT2D eigenvalue weighted by Gasteiger charge is -2.18. The van der Waals surface area contributed by atoms with E-state index in [9.17, 15) is 9.18 Å². The van der Waals surface area contributed by atoms with E-state index in [1.54, 1.807) is 49.1 Å². The molecule has 1 unspecified atom stereocenters. The van der Waals surface area contributed by atoms with E-state index in [0.717, 1.165) is 11.1 Å². The number of aryl methyl sites for hydroxylation is 1. The molecule has 1 aromatic carbocycles. The first kappa shape index (κ1) is 16.6. The number of rotatable bonds is 5. The quantitative estimate of drug-likeness (QED) is 0.729. The highest BCUT2D eigenvalue weighted by molar-refractivity contribution is 5.92. The predicted octanol–water partition coefficient (Wildman–Crippen LogP) is 2.87. The maximum atomic E-state index is 13.2. The minimum Gasteiger partial charge on any atom is -0.339 e. The van der Waals surface area contributed by atoms with Crippen molar-refractivity contribution in [3.63, 3.8) is 0 Å². The number of hydrogen-bond donors (Lipinski definition) is 1. The summed E-state index contributed by atoms with van der Waals surface area (Å²) in [4.78, 5) is 20.7. The molecule has 3 rings (SSSR count). The van der Waals surface area contributed by atoms with Crippen molar-refractivity contribution in [3.8, 4) is 0 Å². The van der Waals surface area contributed by atoms with E-state index in [1.165, 1.54) is 18.2 Å². The smallest absolute Gasteiger partial charge is 0.244 e. The zero-order valence-electron chi connectivity index (χ0n) is 13.6. The van der Waals surface area contributed by atoms with Crippen LogP contribution in [-0.2, 0) is 11.8 Å². The van der Waals surface area contributed by atoms with Gasteiger partial charge in [-0.25, -0.2) is 9.37 Å². The summed E-state index contributed by atoms with van der Waals surface area (Å²) in [5, 5.41) is 2.91. The Morgan fingerprint density at radius 3 is 2.68 bits per heavy atom. The number of nitrogens with one attached hydrogen (secondary N) is 1. The van der Waals surface area contributed by atoms with E-state index in [2.05, 4.69) is 15.3 Å². The highest BCUT2D eigenvalue weighted by Crippen LogP contribution is 2.20. The molecule has 1 atom stereocenters. The van der Waals surface area contributed by atoms with Gasteiger partial charge in [0.25, 0.3) is 0 Å². The Bertz CT molecular complexity index is 872. The van der Waals surface area contributed by atoms with Crippen molar-refractivity contribution in [3.05, 3.63) is 90.0 Å². The Kier molecular flexibility index (Phi) is 4.99. The maximum Gasteiger partial charge on any atom is 0.244 e. The molecule has 0 radical (unpaired) electrons. The average Bonchev–Trinajstić information content (AvgIpc) is 3.05. The molecule has 126 valence electrons. The molecule has 0 aliphatic carbocycles. The normalized spacial score (nSPS) is 12.2. The number of carbonyl (C=O) groups excluding carboxylic acids is 1. The highest BCUT2D eigenvalue weighted by Gasteiger charge is 2.19. The molecule has 0 spiro atoms. The first-order valence-electron chi connectivity index (χ1n) is 7.75. The van der Waals surface area contributed by atoms with Crippen LogP contribution in [0.1, 0.15) is 23.0 Å². The van der Waals surface area contributed by atoms with Crippen LogP contribution in [0.15, 0.2) is 67.3 Å². The Morgan fingerprint density at radius 2 is 2.04 bits per heavy atom. The van der Waals surface area contributed by atoms with Crippen molar-refractivity contribution < 1.29 is 9.18 Å². The van der Waals surface area contributed by atoms with Gasteiger partial charge in [-0.3, -0.25) is 9.78 Å². The van der Waals surface area contributed by atoms with Crippen LogP contribution >= 0.6 is 0 Å². The molecular weight excluding hydrogens is 319 g/mol. The Balaban J connectivity index is 1.83. The summed E-state index contributed by atoms with van der Waals surface area (Å²) < 4.78 is 15.0. The number of nitrogens with zero attached hydrogens (tertiary/aromatic N) is 3. The fourth-order valence-electron chi connectivity index (χ4n) is 2.44. The third-order valence-electron chi connectivity index (χ3n) is 3.72. The maximum absolute atomic E-state index is 13.2. The SMILES string of the molecule is Cn1ccnc1C(NC(=O)/C=C/c1cccnc1)c1ccc(F)cc1. The fraction of sp³-hybridized carbons (Fsp3) is 0.105. The molecule has 2 heterocycles. The van der Waals surface area contributed by atoms with E-state index in [4.69, 9.17) is 0 Å². The number of carbonyl (C=O) groups is 1. The lowest BCUT2D eigenvalue weighted by Crippen LogP contribution is -2.29. The lowest BCUT2D eigenvalue weighted by molar-refractivity contribution is -0.117. The summed E-state index contributed by atoms with van der Waals surface area (Å²) in [5.74, 6) is 0.0565. The van der Waals surface area contributed by atoms with Crippen LogP contribution in [0.4, 0.5) is 4.39 Å². The fourth-order valence-corrected chi connectivity index (χ4v) is 2.44. The summed E-state index contributed by atoms with van der Waals surface area (Å²) in [6.45, 7) is 0. The van der Waals surface area contributed by atoms with Gasteiger partial charge in [-0.2, -0.15) is 0 Å². The molecule has 3 aromatic rings. The largest absolute Gasteiger partial charge is 0.339 e. The minimum atomic E-state index is -0.480. The van der Waals surface area contributed by atoms with Crippen molar-refractivity contribution in [2.24, 2.45) is 7.05 Å². The van der Waals surface area contributed by atoms with Gasteiger partial charge in [0, 0.05) is 37.9 Å². The van der Waals surface area contributed by atoms with Crippen molar-refractivity contribution in [1.82, 2.24) is 19.9 Å². The highest BCUT2D eigenvalue weighted by atomic mass is 19.1.